The van der Waals surface area contributed by atoms with E-state index in [1.54, 1.807) is 11.9 Å². The van der Waals surface area contributed by atoms with Crippen molar-refractivity contribution in [2.45, 2.75) is 12.5 Å². The maximum Gasteiger partial charge on any atom is 0.226 e. The molecule has 3 heteroatoms. The third kappa shape index (κ3) is 1.29. The smallest absolute Gasteiger partial charge is 0.226 e. The Morgan fingerprint density at radius 1 is 1.90 bits per heavy atom. The first-order valence-electron chi connectivity index (χ1n) is 3.24. The summed E-state index contributed by atoms with van der Waals surface area (Å²) in [6.07, 6.45) is 1.90. The molecule has 0 spiro atoms. The Balaban J connectivity index is 2.41. The zero-order valence-electron chi connectivity index (χ0n) is 6.04. The Morgan fingerprint density at radius 2 is 2.60 bits per heavy atom. The van der Waals surface area contributed by atoms with Gasteiger partial charge in [-0.2, -0.15) is 0 Å². The van der Waals surface area contributed by atoms with Gasteiger partial charge in [0.2, 0.25) is 5.91 Å². The monoisotopic (exact) mass is 141 g/mol. The number of hydrogen-bond acceptors (Lipinski definition) is 2. The molecule has 0 N–H and O–H groups in total. The van der Waals surface area contributed by atoms with Gasteiger partial charge in [0, 0.05) is 7.05 Å². The molecule has 0 saturated carbocycles. The zero-order chi connectivity index (χ0) is 7.56. The van der Waals surface area contributed by atoms with Crippen LogP contribution in [-0.4, -0.2) is 30.5 Å². The summed E-state index contributed by atoms with van der Waals surface area (Å²) in [7, 11) is 1.77. The zero-order valence-corrected chi connectivity index (χ0v) is 6.04. The van der Waals surface area contributed by atoms with E-state index in [2.05, 4.69) is 6.58 Å². The second-order valence-corrected chi connectivity index (χ2v) is 2.40. The molecule has 1 unspecified atom stereocenters. The molecule has 1 saturated heterocycles. The molecular formula is C7H11NO2. The standard InChI is InChI=1S/C7H11NO2/c1-3-10-6-4-7(9)8(2)5-6/h3,6H,1,4-5H2,2H3. The predicted molar refractivity (Wildman–Crippen MR) is 37.3 cm³/mol. The van der Waals surface area contributed by atoms with Crippen molar-refractivity contribution >= 4 is 5.91 Å². The summed E-state index contributed by atoms with van der Waals surface area (Å²) in [4.78, 5) is 12.5. The van der Waals surface area contributed by atoms with Gasteiger partial charge in [0.05, 0.1) is 19.2 Å². The molecular weight excluding hydrogens is 130 g/mol. The lowest BCUT2D eigenvalue weighted by atomic mass is 10.3. The molecule has 1 aliphatic rings. The average molecular weight is 141 g/mol. The van der Waals surface area contributed by atoms with Crippen molar-refractivity contribution in [3.63, 3.8) is 0 Å². The van der Waals surface area contributed by atoms with Crippen LogP contribution in [-0.2, 0) is 9.53 Å². The van der Waals surface area contributed by atoms with Crippen LogP contribution in [0.5, 0.6) is 0 Å². The van der Waals surface area contributed by atoms with Gasteiger partial charge >= 0.3 is 0 Å². The topological polar surface area (TPSA) is 29.5 Å². The van der Waals surface area contributed by atoms with Crippen molar-refractivity contribution in [3.05, 3.63) is 12.8 Å². The van der Waals surface area contributed by atoms with Crippen LogP contribution in [0.4, 0.5) is 0 Å². The van der Waals surface area contributed by atoms with Crippen molar-refractivity contribution in [1.29, 1.82) is 0 Å². The molecule has 1 fully saturated rings. The number of rotatable bonds is 2. The van der Waals surface area contributed by atoms with Crippen molar-refractivity contribution in [2.24, 2.45) is 0 Å². The molecule has 0 aliphatic carbocycles. The summed E-state index contributed by atoms with van der Waals surface area (Å²) >= 11 is 0. The van der Waals surface area contributed by atoms with E-state index >= 15 is 0 Å². The van der Waals surface area contributed by atoms with E-state index in [4.69, 9.17) is 4.74 Å². The first kappa shape index (κ1) is 7.12. The summed E-state index contributed by atoms with van der Waals surface area (Å²) in [6, 6.07) is 0. The highest BCUT2D eigenvalue weighted by atomic mass is 16.5. The SMILES string of the molecule is C=COC1CC(=O)N(C)C1. The lowest BCUT2D eigenvalue weighted by Crippen LogP contribution is -2.20. The highest BCUT2D eigenvalue weighted by molar-refractivity contribution is 5.78. The van der Waals surface area contributed by atoms with Crippen molar-refractivity contribution in [3.8, 4) is 0 Å². The largest absolute Gasteiger partial charge is 0.496 e. The maximum atomic E-state index is 10.9. The second kappa shape index (κ2) is 2.73. The molecule has 0 radical (unpaired) electrons. The van der Waals surface area contributed by atoms with Crippen LogP contribution in [0.2, 0.25) is 0 Å². The molecule has 0 aromatic heterocycles. The molecule has 10 heavy (non-hydrogen) atoms. The van der Waals surface area contributed by atoms with E-state index in [0.29, 0.717) is 13.0 Å². The van der Waals surface area contributed by atoms with E-state index in [0.717, 1.165) is 0 Å². The lowest BCUT2D eigenvalue weighted by molar-refractivity contribution is -0.126. The lowest BCUT2D eigenvalue weighted by Gasteiger charge is -2.08. The third-order valence-electron chi connectivity index (χ3n) is 1.59. The molecule has 1 heterocycles. The van der Waals surface area contributed by atoms with Crippen molar-refractivity contribution in [2.75, 3.05) is 13.6 Å². The molecule has 3 nitrogen and oxygen atoms in total. The molecule has 1 aliphatic heterocycles. The molecule has 0 bridgehead atoms. The van der Waals surface area contributed by atoms with Gasteiger partial charge in [-0.15, -0.1) is 0 Å². The third-order valence-corrected chi connectivity index (χ3v) is 1.59. The Bertz CT molecular complexity index is 156. The second-order valence-electron chi connectivity index (χ2n) is 2.40. The van der Waals surface area contributed by atoms with Crippen LogP contribution in [0, 0.1) is 0 Å². The number of carbonyl (C=O) groups is 1. The van der Waals surface area contributed by atoms with Gasteiger partial charge in [-0.1, -0.05) is 6.58 Å². The maximum absolute atomic E-state index is 10.9. The van der Waals surface area contributed by atoms with Gasteiger partial charge in [0.15, 0.2) is 0 Å². The molecule has 1 rings (SSSR count). The highest BCUT2D eigenvalue weighted by Gasteiger charge is 2.26. The molecule has 0 aromatic rings. The number of carbonyl (C=O) groups excluding carboxylic acids is 1. The van der Waals surface area contributed by atoms with Crippen LogP contribution >= 0.6 is 0 Å². The van der Waals surface area contributed by atoms with E-state index in [9.17, 15) is 4.79 Å². The fraction of sp³-hybridized carbons (Fsp3) is 0.571. The van der Waals surface area contributed by atoms with Gasteiger partial charge in [-0.05, 0) is 0 Å². The number of nitrogens with zero attached hydrogens (tertiary/aromatic N) is 1. The summed E-state index contributed by atoms with van der Waals surface area (Å²) in [5, 5.41) is 0. The van der Waals surface area contributed by atoms with Gasteiger partial charge < -0.3 is 9.64 Å². The van der Waals surface area contributed by atoms with Gasteiger partial charge in [0.25, 0.3) is 0 Å². The predicted octanol–water partition coefficient (Wildman–Crippen LogP) is 0.377. The summed E-state index contributed by atoms with van der Waals surface area (Å²) < 4.78 is 5.04. The minimum absolute atomic E-state index is 0.0231. The summed E-state index contributed by atoms with van der Waals surface area (Å²) in [5.41, 5.74) is 0. The number of likely N-dealkylation sites (N-methyl/N-ethyl adjacent to an activating group) is 1. The van der Waals surface area contributed by atoms with E-state index in [1.165, 1.54) is 6.26 Å². The molecule has 1 amide bonds. The summed E-state index contributed by atoms with van der Waals surface area (Å²) in [5.74, 6) is 0.145. The van der Waals surface area contributed by atoms with Crippen molar-refractivity contribution < 1.29 is 9.53 Å². The fourth-order valence-corrected chi connectivity index (χ4v) is 1.05. The van der Waals surface area contributed by atoms with E-state index < -0.39 is 0 Å². The van der Waals surface area contributed by atoms with Crippen LogP contribution in [0.1, 0.15) is 6.42 Å². The van der Waals surface area contributed by atoms with E-state index in [-0.39, 0.29) is 12.0 Å². The Labute approximate surface area is 60.3 Å². The molecule has 1 atom stereocenters. The Kier molecular flexibility index (Phi) is 1.94. The minimum Gasteiger partial charge on any atom is -0.496 e. The van der Waals surface area contributed by atoms with Crippen LogP contribution in [0.15, 0.2) is 12.8 Å². The average Bonchev–Trinajstić information content (AvgIpc) is 2.14. The molecule has 56 valence electrons. The number of ether oxygens (including phenoxy) is 1. The Morgan fingerprint density at radius 3 is 3.00 bits per heavy atom. The first-order valence-corrected chi connectivity index (χ1v) is 3.24. The highest BCUT2D eigenvalue weighted by Crippen LogP contribution is 2.11. The van der Waals surface area contributed by atoms with Crippen LogP contribution in [0.25, 0.3) is 0 Å². The Hall–Kier alpha value is -0.990. The van der Waals surface area contributed by atoms with Gasteiger partial charge in [0.1, 0.15) is 6.10 Å². The summed E-state index contributed by atoms with van der Waals surface area (Å²) in [6.45, 7) is 4.11. The van der Waals surface area contributed by atoms with Crippen LogP contribution in [0.3, 0.4) is 0 Å². The normalized spacial score (nSPS) is 25.1. The quantitative estimate of drug-likeness (QED) is 0.520. The number of hydrogen-bond donors (Lipinski definition) is 0. The van der Waals surface area contributed by atoms with E-state index in [1.807, 2.05) is 0 Å². The first-order chi connectivity index (χ1) is 4.74. The van der Waals surface area contributed by atoms with Crippen LogP contribution < -0.4 is 0 Å². The van der Waals surface area contributed by atoms with Gasteiger partial charge in [-0.3, -0.25) is 4.79 Å². The number of amides is 1. The fourth-order valence-electron chi connectivity index (χ4n) is 1.05. The molecule has 0 aromatic carbocycles. The number of likely N-dealkylation sites (tertiary alicyclic amines) is 1. The van der Waals surface area contributed by atoms with Gasteiger partial charge in [-0.25, -0.2) is 0 Å². The van der Waals surface area contributed by atoms with Crippen molar-refractivity contribution in [1.82, 2.24) is 4.90 Å². The minimum atomic E-state index is 0.0231.